The predicted octanol–water partition coefficient (Wildman–Crippen LogP) is 1.68. The maximum atomic E-state index is 12.6. The van der Waals surface area contributed by atoms with Gasteiger partial charge in [-0.15, -0.1) is 0 Å². The lowest BCUT2D eigenvalue weighted by Gasteiger charge is -2.16. The van der Waals surface area contributed by atoms with E-state index in [1.54, 1.807) is 0 Å². The average Bonchev–Trinajstić information content (AvgIpc) is 2.42. The largest absolute Gasteiger partial charge is 0.416 e. The minimum absolute atomic E-state index is 0.0267. The Hall–Kier alpha value is -1.80. The molecule has 0 spiro atoms. The SMILES string of the molecule is COCC(CNC(=O)c1cc(C(F)(F)F)ccc1N)OC. The molecule has 21 heavy (non-hydrogen) atoms. The van der Waals surface area contributed by atoms with Gasteiger partial charge < -0.3 is 20.5 Å². The molecule has 0 bridgehead atoms. The van der Waals surface area contributed by atoms with Crippen LogP contribution in [0.2, 0.25) is 0 Å². The number of anilines is 1. The zero-order valence-corrected chi connectivity index (χ0v) is 11.7. The molecule has 0 fully saturated rings. The second kappa shape index (κ2) is 7.28. The van der Waals surface area contributed by atoms with Gasteiger partial charge >= 0.3 is 6.18 Å². The molecular weight excluding hydrogens is 289 g/mol. The number of carbonyl (C=O) groups is 1. The van der Waals surface area contributed by atoms with Gasteiger partial charge in [0.1, 0.15) is 0 Å². The summed E-state index contributed by atoms with van der Waals surface area (Å²) in [6, 6.07) is 2.61. The molecule has 5 nitrogen and oxygen atoms in total. The monoisotopic (exact) mass is 306 g/mol. The number of nitrogens with one attached hydrogen (secondary N) is 1. The van der Waals surface area contributed by atoms with Crippen LogP contribution >= 0.6 is 0 Å². The number of methoxy groups -OCH3 is 2. The Morgan fingerprint density at radius 1 is 1.38 bits per heavy atom. The van der Waals surface area contributed by atoms with E-state index < -0.39 is 23.8 Å². The van der Waals surface area contributed by atoms with Crippen molar-refractivity contribution in [1.82, 2.24) is 5.32 Å². The van der Waals surface area contributed by atoms with Crippen molar-refractivity contribution in [1.29, 1.82) is 0 Å². The van der Waals surface area contributed by atoms with E-state index in [1.165, 1.54) is 14.2 Å². The summed E-state index contributed by atoms with van der Waals surface area (Å²) < 4.78 is 47.8. The van der Waals surface area contributed by atoms with Gasteiger partial charge in [-0.2, -0.15) is 13.2 Å². The van der Waals surface area contributed by atoms with Crippen LogP contribution in [0.1, 0.15) is 15.9 Å². The highest BCUT2D eigenvalue weighted by molar-refractivity contribution is 5.99. The van der Waals surface area contributed by atoms with Crippen LogP contribution in [0.4, 0.5) is 18.9 Å². The number of amides is 1. The Labute approximate surface area is 120 Å². The van der Waals surface area contributed by atoms with Crippen LogP contribution in [0, 0.1) is 0 Å². The van der Waals surface area contributed by atoms with E-state index in [0.29, 0.717) is 0 Å². The molecule has 118 valence electrons. The van der Waals surface area contributed by atoms with Crippen LogP contribution in [-0.4, -0.2) is 39.4 Å². The van der Waals surface area contributed by atoms with Crippen molar-refractivity contribution in [3.63, 3.8) is 0 Å². The van der Waals surface area contributed by atoms with Crippen molar-refractivity contribution in [2.24, 2.45) is 0 Å². The Kier molecular flexibility index (Phi) is 5.98. The second-order valence-corrected chi connectivity index (χ2v) is 4.32. The molecule has 1 unspecified atom stereocenters. The third kappa shape index (κ3) is 4.91. The van der Waals surface area contributed by atoms with Crippen molar-refractivity contribution < 1.29 is 27.4 Å². The standard InChI is InChI=1S/C13H17F3N2O3/c1-20-7-9(21-2)6-18-12(19)10-5-8(13(14,15)16)3-4-11(10)17/h3-5,9H,6-7,17H2,1-2H3,(H,18,19). The molecule has 1 aromatic rings. The Bertz CT molecular complexity index is 492. The number of benzene rings is 1. The lowest BCUT2D eigenvalue weighted by atomic mass is 10.1. The maximum absolute atomic E-state index is 12.6. The first-order valence-electron chi connectivity index (χ1n) is 6.06. The Balaban J connectivity index is 2.82. The maximum Gasteiger partial charge on any atom is 0.416 e. The van der Waals surface area contributed by atoms with E-state index in [1.807, 2.05) is 0 Å². The van der Waals surface area contributed by atoms with Gasteiger partial charge in [-0.1, -0.05) is 0 Å². The molecule has 0 heterocycles. The number of hydrogen-bond acceptors (Lipinski definition) is 4. The number of halogens is 3. The summed E-state index contributed by atoms with van der Waals surface area (Å²) in [5, 5.41) is 2.46. The predicted molar refractivity (Wildman–Crippen MR) is 70.9 cm³/mol. The lowest BCUT2D eigenvalue weighted by Crippen LogP contribution is -2.36. The first-order valence-corrected chi connectivity index (χ1v) is 6.06. The van der Waals surface area contributed by atoms with E-state index in [-0.39, 0.29) is 24.4 Å². The number of rotatable bonds is 6. The molecule has 8 heteroatoms. The van der Waals surface area contributed by atoms with Gasteiger partial charge in [0.05, 0.1) is 23.8 Å². The first-order chi connectivity index (χ1) is 9.79. The van der Waals surface area contributed by atoms with Crippen LogP contribution in [0.5, 0.6) is 0 Å². The molecule has 0 saturated carbocycles. The summed E-state index contributed by atoms with van der Waals surface area (Å²) in [4.78, 5) is 11.9. The first kappa shape index (κ1) is 17.3. The number of nitrogen functional groups attached to an aromatic ring is 1. The molecule has 1 atom stereocenters. The van der Waals surface area contributed by atoms with Gasteiger partial charge in [0, 0.05) is 26.5 Å². The van der Waals surface area contributed by atoms with E-state index in [2.05, 4.69) is 5.32 Å². The molecular formula is C13H17F3N2O3. The van der Waals surface area contributed by atoms with Gasteiger partial charge in [0.2, 0.25) is 0 Å². The number of nitrogens with two attached hydrogens (primary N) is 1. The Morgan fingerprint density at radius 3 is 2.57 bits per heavy atom. The van der Waals surface area contributed by atoms with Gasteiger partial charge in [-0.3, -0.25) is 4.79 Å². The average molecular weight is 306 g/mol. The zero-order chi connectivity index (χ0) is 16.0. The highest BCUT2D eigenvalue weighted by Crippen LogP contribution is 2.31. The van der Waals surface area contributed by atoms with Crippen molar-refractivity contribution in [3.8, 4) is 0 Å². The fourth-order valence-electron chi connectivity index (χ4n) is 1.63. The van der Waals surface area contributed by atoms with Crippen LogP contribution in [0.3, 0.4) is 0 Å². The lowest BCUT2D eigenvalue weighted by molar-refractivity contribution is -0.137. The molecule has 0 aliphatic carbocycles. The van der Waals surface area contributed by atoms with Gasteiger partial charge in [-0.05, 0) is 18.2 Å². The fraction of sp³-hybridized carbons (Fsp3) is 0.462. The fourth-order valence-corrected chi connectivity index (χ4v) is 1.63. The van der Waals surface area contributed by atoms with Crippen LogP contribution in [0.25, 0.3) is 0 Å². The summed E-state index contributed by atoms with van der Waals surface area (Å²) in [5.41, 5.74) is 4.37. The third-order valence-electron chi connectivity index (χ3n) is 2.80. The van der Waals surface area contributed by atoms with Crippen LogP contribution in [-0.2, 0) is 15.7 Å². The van der Waals surface area contributed by atoms with E-state index in [4.69, 9.17) is 15.2 Å². The summed E-state index contributed by atoms with van der Waals surface area (Å²) >= 11 is 0. The van der Waals surface area contributed by atoms with Crippen LogP contribution in [0.15, 0.2) is 18.2 Å². The molecule has 0 radical (unpaired) electrons. The smallest absolute Gasteiger partial charge is 0.398 e. The molecule has 1 rings (SSSR count). The molecule has 0 aliphatic rings. The molecule has 1 aromatic carbocycles. The van der Waals surface area contributed by atoms with Crippen molar-refractivity contribution in [2.75, 3.05) is 33.1 Å². The van der Waals surface area contributed by atoms with Crippen LogP contribution < -0.4 is 11.1 Å². The number of ether oxygens (including phenoxy) is 2. The minimum atomic E-state index is -4.53. The van der Waals surface area contributed by atoms with Gasteiger partial charge in [0.25, 0.3) is 5.91 Å². The number of carbonyl (C=O) groups excluding carboxylic acids is 1. The highest BCUT2D eigenvalue weighted by atomic mass is 19.4. The van der Waals surface area contributed by atoms with Crippen molar-refractivity contribution in [2.45, 2.75) is 12.3 Å². The van der Waals surface area contributed by atoms with Gasteiger partial charge in [0.15, 0.2) is 0 Å². The van der Waals surface area contributed by atoms with Crippen molar-refractivity contribution >= 4 is 11.6 Å². The Morgan fingerprint density at radius 2 is 2.05 bits per heavy atom. The molecule has 3 N–H and O–H groups in total. The summed E-state index contributed by atoms with van der Waals surface area (Å²) in [6.07, 6.45) is -4.93. The van der Waals surface area contributed by atoms with E-state index in [0.717, 1.165) is 18.2 Å². The summed E-state index contributed by atoms with van der Waals surface area (Å²) in [5.74, 6) is -0.697. The van der Waals surface area contributed by atoms with Gasteiger partial charge in [-0.25, -0.2) is 0 Å². The normalized spacial score (nSPS) is 13.0. The van der Waals surface area contributed by atoms with Crippen molar-refractivity contribution in [3.05, 3.63) is 29.3 Å². The highest BCUT2D eigenvalue weighted by Gasteiger charge is 2.31. The summed E-state index contributed by atoms with van der Waals surface area (Å²) in [7, 11) is 2.91. The number of alkyl halides is 3. The quantitative estimate of drug-likeness (QED) is 0.784. The number of hydrogen-bond donors (Lipinski definition) is 2. The summed E-state index contributed by atoms with van der Waals surface area (Å²) in [6.45, 7) is 0.341. The topological polar surface area (TPSA) is 73.6 Å². The minimum Gasteiger partial charge on any atom is -0.398 e. The third-order valence-corrected chi connectivity index (χ3v) is 2.80. The molecule has 0 aliphatic heterocycles. The zero-order valence-electron chi connectivity index (χ0n) is 11.7. The molecule has 0 saturated heterocycles. The van der Waals surface area contributed by atoms with E-state index in [9.17, 15) is 18.0 Å². The molecule has 1 amide bonds. The second-order valence-electron chi connectivity index (χ2n) is 4.32. The molecule has 0 aromatic heterocycles. The van der Waals surface area contributed by atoms with E-state index >= 15 is 0 Å².